The van der Waals surface area contributed by atoms with Crippen molar-refractivity contribution in [2.24, 2.45) is 17.3 Å². The largest absolute Gasteiger partial charge is 0.295 e. The molecule has 0 aromatic heterocycles. The van der Waals surface area contributed by atoms with Crippen molar-refractivity contribution < 1.29 is 4.79 Å². The van der Waals surface area contributed by atoms with Crippen molar-refractivity contribution in [3.8, 4) is 0 Å². The zero-order valence-corrected chi connectivity index (χ0v) is 10.7. The lowest BCUT2D eigenvalue weighted by atomic mass is 9.57. The predicted molar refractivity (Wildman–Crippen MR) is 67.1 cm³/mol. The van der Waals surface area contributed by atoms with Crippen LogP contribution in [-0.4, -0.2) is 5.78 Å². The van der Waals surface area contributed by atoms with Crippen LogP contribution in [0.4, 0.5) is 0 Å². The van der Waals surface area contributed by atoms with Crippen molar-refractivity contribution in [1.29, 1.82) is 0 Å². The average Bonchev–Trinajstić information content (AvgIpc) is 2.15. The summed E-state index contributed by atoms with van der Waals surface area (Å²) in [5.74, 6) is 1.58. The van der Waals surface area contributed by atoms with Gasteiger partial charge < -0.3 is 0 Å². The fourth-order valence-electron chi connectivity index (χ4n) is 3.56. The van der Waals surface area contributed by atoms with Gasteiger partial charge in [-0.3, -0.25) is 4.79 Å². The highest BCUT2D eigenvalue weighted by Crippen LogP contribution is 2.52. The van der Waals surface area contributed by atoms with E-state index in [9.17, 15) is 4.79 Å². The Kier molecular flexibility index (Phi) is 2.81. The first-order valence-corrected chi connectivity index (χ1v) is 6.29. The number of ketones is 1. The molecule has 2 aliphatic carbocycles. The molecule has 0 bridgehead atoms. The molecule has 0 N–H and O–H groups in total. The van der Waals surface area contributed by atoms with Crippen molar-refractivity contribution >= 4 is 5.78 Å². The van der Waals surface area contributed by atoms with E-state index in [2.05, 4.69) is 27.4 Å². The fraction of sp³-hybridized carbons (Fsp3) is 0.667. The molecule has 0 saturated heterocycles. The molecule has 2 rings (SSSR count). The van der Waals surface area contributed by atoms with E-state index in [-0.39, 0.29) is 5.41 Å². The molecule has 0 heterocycles. The summed E-state index contributed by atoms with van der Waals surface area (Å²) in [7, 11) is 0. The number of carbonyl (C=O) groups is 1. The lowest BCUT2D eigenvalue weighted by molar-refractivity contribution is -0.119. The van der Waals surface area contributed by atoms with Crippen molar-refractivity contribution in [2.45, 2.75) is 46.5 Å². The first-order chi connectivity index (χ1) is 7.42. The SMILES string of the molecule is C=C(C)[C@@H]1CC[C@@]2(C)CC(=O)C=C(C)[C@@H]2C1. The van der Waals surface area contributed by atoms with Crippen LogP contribution >= 0.6 is 0 Å². The Bertz CT molecular complexity index is 364. The zero-order valence-electron chi connectivity index (χ0n) is 10.7. The molecule has 0 aromatic carbocycles. The fourth-order valence-corrected chi connectivity index (χ4v) is 3.56. The molecule has 2 aliphatic rings. The minimum absolute atomic E-state index is 0.224. The van der Waals surface area contributed by atoms with Gasteiger partial charge in [-0.1, -0.05) is 24.6 Å². The Balaban J connectivity index is 2.26. The highest BCUT2D eigenvalue weighted by atomic mass is 16.1. The van der Waals surface area contributed by atoms with E-state index in [1.807, 2.05) is 6.08 Å². The maximum Gasteiger partial charge on any atom is 0.156 e. The van der Waals surface area contributed by atoms with Crippen LogP contribution in [-0.2, 0) is 4.79 Å². The maximum absolute atomic E-state index is 11.7. The lowest BCUT2D eigenvalue weighted by Crippen LogP contribution is -2.39. The molecule has 0 spiro atoms. The van der Waals surface area contributed by atoms with E-state index < -0.39 is 0 Å². The van der Waals surface area contributed by atoms with Crippen LogP contribution in [0.15, 0.2) is 23.8 Å². The predicted octanol–water partition coefficient (Wildman–Crippen LogP) is 3.90. The third-order valence-corrected chi connectivity index (χ3v) is 4.64. The first-order valence-electron chi connectivity index (χ1n) is 6.29. The van der Waals surface area contributed by atoms with Gasteiger partial charge in [0.25, 0.3) is 0 Å². The van der Waals surface area contributed by atoms with Gasteiger partial charge in [0.15, 0.2) is 5.78 Å². The summed E-state index contributed by atoms with van der Waals surface area (Å²) in [5, 5.41) is 0. The standard InChI is InChI=1S/C15H22O/c1-10(2)12-5-6-15(4)9-13(16)7-11(3)14(15)8-12/h7,12,14H,1,5-6,8-9H2,2-4H3/t12-,14+,15+/m1/s1. The van der Waals surface area contributed by atoms with Gasteiger partial charge in [-0.05, 0) is 56.4 Å². The molecule has 0 radical (unpaired) electrons. The Hall–Kier alpha value is -0.850. The first kappa shape index (κ1) is 11.6. The molecular formula is C15H22O. The molecule has 0 unspecified atom stereocenters. The van der Waals surface area contributed by atoms with Crippen LogP contribution < -0.4 is 0 Å². The number of hydrogen-bond acceptors (Lipinski definition) is 1. The number of fused-ring (bicyclic) bond motifs is 1. The molecule has 1 nitrogen and oxygen atoms in total. The quantitative estimate of drug-likeness (QED) is 0.610. The van der Waals surface area contributed by atoms with E-state index >= 15 is 0 Å². The van der Waals surface area contributed by atoms with Crippen LogP contribution in [0.3, 0.4) is 0 Å². The molecular weight excluding hydrogens is 196 g/mol. The molecule has 0 aliphatic heterocycles. The van der Waals surface area contributed by atoms with Gasteiger partial charge in [-0.2, -0.15) is 0 Å². The van der Waals surface area contributed by atoms with Crippen molar-refractivity contribution in [3.63, 3.8) is 0 Å². The molecule has 1 heteroatoms. The Labute approximate surface area is 98.6 Å². The van der Waals surface area contributed by atoms with Gasteiger partial charge >= 0.3 is 0 Å². The third-order valence-electron chi connectivity index (χ3n) is 4.64. The third kappa shape index (κ3) is 1.88. The summed E-state index contributed by atoms with van der Waals surface area (Å²) in [4.78, 5) is 11.7. The van der Waals surface area contributed by atoms with Gasteiger partial charge in [0.1, 0.15) is 0 Å². The van der Waals surface area contributed by atoms with E-state index in [0.717, 1.165) is 6.42 Å². The van der Waals surface area contributed by atoms with E-state index in [1.54, 1.807) is 0 Å². The van der Waals surface area contributed by atoms with Gasteiger partial charge in [0, 0.05) is 6.42 Å². The summed E-state index contributed by atoms with van der Waals surface area (Å²) in [5.41, 5.74) is 2.83. The summed E-state index contributed by atoms with van der Waals surface area (Å²) in [6.45, 7) is 10.7. The van der Waals surface area contributed by atoms with E-state index in [0.29, 0.717) is 17.6 Å². The molecule has 1 fully saturated rings. The van der Waals surface area contributed by atoms with Gasteiger partial charge in [-0.25, -0.2) is 0 Å². The molecule has 3 atom stereocenters. The van der Waals surface area contributed by atoms with E-state index in [1.165, 1.54) is 30.4 Å². The van der Waals surface area contributed by atoms with Crippen molar-refractivity contribution in [1.82, 2.24) is 0 Å². The summed E-state index contributed by atoms with van der Waals surface area (Å²) >= 11 is 0. The molecule has 1 saturated carbocycles. The normalized spacial score (nSPS) is 38.9. The number of carbonyl (C=O) groups excluding carboxylic acids is 1. The number of allylic oxidation sites excluding steroid dienone is 3. The van der Waals surface area contributed by atoms with Crippen LogP contribution in [0.2, 0.25) is 0 Å². The smallest absolute Gasteiger partial charge is 0.156 e. The summed E-state index contributed by atoms with van der Waals surface area (Å²) < 4.78 is 0. The molecule has 16 heavy (non-hydrogen) atoms. The van der Waals surface area contributed by atoms with Crippen LogP contribution in [0.25, 0.3) is 0 Å². The highest BCUT2D eigenvalue weighted by Gasteiger charge is 2.43. The van der Waals surface area contributed by atoms with Crippen molar-refractivity contribution in [2.75, 3.05) is 0 Å². The van der Waals surface area contributed by atoms with E-state index in [4.69, 9.17) is 0 Å². The Morgan fingerprint density at radius 1 is 1.56 bits per heavy atom. The number of hydrogen-bond donors (Lipinski definition) is 0. The van der Waals surface area contributed by atoms with Crippen LogP contribution in [0, 0.1) is 17.3 Å². The second-order valence-corrected chi connectivity index (χ2v) is 6.06. The molecule has 0 aromatic rings. The number of rotatable bonds is 1. The maximum atomic E-state index is 11.7. The van der Waals surface area contributed by atoms with Gasteiger partial charge in [0.05, 0.1) is 0 Å². The zero-order chi connectivity index (χ0) is 11.9. The second-order valence-electron chi connectivity index (χ2n) is 6.06. The molecule has 88 valence electrons. The van der Waals surface area contributed by atoms with Gasteiger partial charge in [-0.15, -0.1) is 0 Å². The minimum atomic E-state index is 0.224. The second kappa shape index (κ2) is 3.87. The van der Waals surface area contributed by atoms with Crippen molar-refractivity contribution in [3.05, 3.63) is 23.8 Å². The Morgan fingerprint density at radius 2 is 2.25 bits per heavy atom. The highest BCUT2D eigenvalue weighted by molar-refractivity contribution is 5.92. The molecule has 0 amide bonds. The minimum Gasteiger partial charge on any atom is -0.295 e. The van der Waals surface area contributed by atoms with Crippen LogP contribution in [0.1, 0.15) is 46.5 Å². The monoisotopic (exact) mass is 218 g/mol. The van der Waals surface area contributed by atoms with Crippen LogP contribution in [0.5, 0.6) is 0 Å². The summed E-state index contributed by atoms with van der Waals surface area (Å²) in [6.07, 6.45) is 6.20. The lowest BCUT2D eigenvalue weighted by Gasteiger charge is -2.47. The Morgan fingerprint density at radius 3 is 2.88 bits per heavy atom. The average molecular weight is 218 g/mol. The topological polar surface area (TPSA) is 17.1 Å². The van der Waals surface area contributed by atoms with Gasteiger partial charge in [0.2, 0.25) is 0 Å². The summed E-state index contributed by atoms with van der Waals surface area (Å²) in [6, 6.07) is 0.